The highest BCUT2D eigenvalue weighted by Crippen LogP contribution is 2.19. The number of para-hydroxylation sites is 1. The van der Waals surface area contributed by atoms with Crippen LogP contribution in [0, 0.1) is 6.92 Å². The lowest BCUT2D eigenvalue weighted by Crippen LogP contribution is -3.00. The Morgan fingerprint density at radius 1 is 1.20 bits per heavy atom. The van der Waals surface area contributed by atoms with E-state index in [9.17, 15) is 0 Å². The second-order valence-corrected chi connectivity index (χ2v) is 4.63. The Balaban J connectivity index is 0.00000147. The normalized spacial score (nSPS) is 10.3. The third-order valence-electron chi connectivity index (χ3n) is 3.48. The maximum Gasteiger partial charge on any atom is 0.393 e. The number of aryl methyl sites for hydroxylation is 1. The van der Waals surface area contributed by atoms with Crippen LogP contribution in [0.3, 0.4) is 0 Å². The molecule has 1 N–H and O–H groups in total. The van der Waals surface area contributed by atoms with Crippen molar-refractivity contribution in [3.63, 3.8) is 0 Å². The zero-order valence-electron chi connectivity index (χ0n) is 11.8. The third-order valence-corrected chi connectivity index (χ3v) is 3.48. The molecule has 4 nitrogen and oxygen atoms in total. The predicted molar refractivity (Wildman–Crippen MR) is 76.5 cm³/mol. The average Bonchev–Trinajstić information content (AvgIpc) is 2.85. The Morgan fingerprint density at radius 2 is 1.95 bits per heavy atom. The molecule has 20 heavy (non-hydrogen) atoms. The molecule has 2 aromatic heterocycles. The second kappa shape index (κ2) is 5.78. The summed E-state index contributed by atoms with van der Waals surface area (Å²) in [5.74, 6) is 1.79. The van der Waals surface area contributed by atoms with E-state index in [1.165, 1.54) is 10.9 Å². The first-order valence-electron chi connectivity index (χ1n) is 6.32. The average molecular weight is 380 g/mol. The van der Waals surface area contributed by atoms with Gasteiger partial charge in [0.2, 0.25) is 5.82 Å². The lowest BCUT2D eigenvalue weighted by molar-refractivity contribution is -0.665. The Labute approximate surface area is 135 Å². The van der Waals surface area contributed by atoms with Crippen molar-refractivity contribution in [1.29, 1.82) is 0 Å². The van der Waals surface area contributed by atoms with Crippen molar-refractivity contribution in [2.75, 3.05) is 12.4 Å². The SMILES string of the molecule is CNc1nc(-n2ccc3ccccc32)cc(C)[n+]1C.[I-]. The van der Waals surface area contributed by atoms with Crippen LogP contribution in [-0.2, 0) is 7.05 Å². The zero-order chi connectivity index (χ0) is 13.4. The zero-order valence-corrected chi connectivity index (χ0v) is 13.9. The lowest BCUT2D eigenvalue weighted by Gasteiger charge is -2.06. The molecular formula is C15H17IN4. The van der Waals surface area contributed by atoms with Crippen molar-refractivity contribution in [1.82, 2.24) is 9.55 Å². The van der Waals surface area contributed by atoms with Crippen LogP contribution >= 0.6 is 0 Å². The summed E-state index contributed by atoms with van der Waals surface area (Å²) in [5, 5.41) is 4.35. The minimum Gasteiger partial charge on any atom is -1.00 e. The fourth-order valence-electron chi connectivity index (χ4n) is 2.30. The minimum absolute atomic E-state index is 0. The number of aromatic nitrogens is 3. The smallest absolute Gasteiger partial charge is 0.393 e. The van der Waals surface area contributed by atoms with Crippen LogP contribution in [0.15, 0.2) is 42.6 Å². The van der Waals surface area contributed by atoms with Gasteiger partial charge in [-0.05, 0) is 19.1 Å². The van der Waals surface area contributed by atoms with E-state index in [0.717, 1.165) is 17.5 Å². The Morgan fingerprint density at radius 3 is 2.70 bits per heavy atom. The molecular weight excluding hydrogens is 363 g/mol. The van der Waals surface area contributed by atoms with E-state index in [1.54, 1.807) is 0 Å². The number of rotatable bonds is 2. The maximum atomic E-state index is 4.66. The van der Waals surface area contributed by atoms with Crippen molar-refractivity contribution in [3.8, 4) is 5.82 Å². The van der Waals surface area contributed by atoms with Crippen molar-refractivity contribution < 1.29 is 28.5 Å². The van der Waals surface area contributed by atoms with Gasteiger partial charge in [-0.2, -0.15) is 0 Å². The molecule has 0 saturated heterocycles. The molecule has 0 aliphatic rings. The molecule has 3 rings (SSSR count). The molecule has 2 heterocycles. The van der Waals surface area contributed by atoms with Crippen molar-refractivity contribution in [2.45, 2.75) is 6.92 Å². The molecule has 0 spiro atoms. The first kappa shape index (κ1) is 14.8. The maximum absolute atomic E-state index is 4.66. The fraction of sp³-hybridized carbons (Fsp3) is 0.200. The van der Waals surface area contributed by atoms with Gasteiger partial charge in [-0.15, -0.1) is 0 Å². The van der Waals surface area contributed by atoms with E-state index in [1.807, 2.05) is 24.7 Å². The molecule has 0 saturated carbocycles. The van der Waals surface area contributed by atoms with Gasteiger partial charge in [0.05, 0.1) is 25.3 Å². The van der Waals surface area contributed by atoms with E-state index in [0.29, 0.717) is 0 Å². The van der Waals surface area contributed by atoms with Crippen LogP contribution in [0.4, 0.5) is 5.95 Å². The first-order valence-corrected chi connectivity index (χ1v) is 6.32. The molecule has 0 aliphatic heterocycles. The molecule has 5 heteroatoms. The molecule has 3 aromatic rings. The molecule has 0 atom stereocenters. The number of fused-ring (bicyclic) bond motifs is 1. The van der Waals surface area contributed by atoms with Crippen molar-refractivity contribution in [2.24, 2.45) is 7.05 Å². The Kier molecular flexibility index (Phi) is 4.27. The summed E-state index contributed by atoms with van der Waals surface area (Å²) in [7, 11) is 3.89. The van der Waals surface area contributed by atoms with Crippen molar-refractivity contribution in [3.05, 3.63) is 48.3 Å². The van der Waals surface area contributed by atoms with Crippen molar-refractivity contribution >= 4 is 16.9 Å². The van der Waals surface area contributed by atoms with Crippen LogP contribution in [0.2, 0.25) is 0 Å². The predicted octanol–water partition coefficient (Wildman–Crippen LogP) is -0.796. The highest BCUT2D eigenvalue weighted by molar-refractivity contribution is 5.81. The van der Waals surface area contributed by atoms with E-state index in [-0.39, 0.29) is 24.0 Å². The van der Waals surface area contributed by atoms with Crippen LogP contribution in [0.5, 0.6) is 0 Å². The van der Waals surface area contributed by atoms with Crippen LogP contribution < -0.4 is 33.9 Å². The second-order valence-electron chi connectivity index (χ2n) is 4.63. The molecule has 1 aromatic carbocycles. The van der Waals surface area contributed by atoms with Crippen LogP contribution in [0.1, 0.15) is 5.69 Å². The molecule has 0 radical (unpaired) electrons. The summed E-state index contributed by atoms with van der Waals surface area (Å²) in [6.45, 7) is 2.08. The molecule has 104 valence electrons. The van der Waals surface area contributed by atoms with E-state index in [4.69, 9.17) is 0 Å². The van der Waals surface area contributed by atoms with Gasteiger partial charge in [-0.1, -0.05) is 23.2 Å². The monoisotopic (exact) mass is 380 g/mol. The van der Waals surface area contributed by atoms with Gasteiger partial charge >= 0.3 is 5.95 Å². The van der Waals surface area contributed by atoms with Gasteiger partial charge in [-0.3, -0.25) is 9.88 Å². The largest absolute Gasteiger partial charge is 1.00 e. The topological polar surface area (TPSA) is 33.7 Å². The number of benzene rings is 1. The van der Waals surface area contributed by atoms with Crippen LogP contribution in [0.25, 0.3) is 16.7 Å². The summed E-state index contributed by atoms with van der Waals surface area (Å²) in [5.41, 5.74) is 2.33. The lowest BCUT2D eigenvalue weighted by atomic mass is 10.2. The third kappa shape index (κ3) is 2.37. The Bertz CT molecular complexity index is 749. The van der Waals surface area contributed by atoms with E-state index < -0.39 is 0 Å². The molecule has 0 amide bonds. The minimum atomic E-state index is 0. The quantitative estimate of drug-likeness (QED) is 0.467. The summed E-state index contributed by atoms with van der Waals surface area (Å²) >= 11 is 0. The fourth-order valence-corrected chi connectivity index (χ4v) is 2.30. The standard InChI is InChI=1S/C15H16N4.HI/c1-11-10-14(17-15(16-2)18(11)3)19-9-8-12-6-4-5-7-13(12)19;/h4-10H,1-3H3;1H. The number of anilines is 1. The van der Waals surface area contributed by atoms with Crippen LogP contribution in [-0.4, -0.2) is 16.6 Å². The Hall–Kier alpha value is -1.63. The van der Waals surface area contributed by atoms with Gasteiger partial charge in [0.1, 0.15) is 0 Å². The highest BCUT2D eigenvalue weighted by Gasteiger charge is 2.14. The first-order chi connectivity index (χ1) is 9.20. The van der Waals surface area contributed by atoms with Gasteiger partial charge in [0, 0.05) is 17.6 Å². The van der Waals surface area contributed by atoms with E-state index >= 15 is 0 Å². The van der Waals surface area contributed by atoms with E-state index in [2.05, 4.69) is 58.3 Å². The molecule has 0 aliphatic carbocycles. The number of nitrogens with zero attached hydrogens (tertiary/aromatic N) is 3. The summed E-state index contributed by atoms with van der Waals surface area (Å²) in [6, 6.07) is 12.5. The number of nitrogens with one attached hydrogen (secondary N) is 1. The number of halogens is 1. The molecule has 0 fully saturated rings. The summed E-state index contributed by atoms with van der Waals surface area (Å²) in [6.07, 6.45) is 2.06. The highest BCUT2D eigenvalue weighted by atomic mass is 127. The summed E-state index contributed by atoms with van der Waals surface area (Å²) < 4.78 is 4.15. The van der Waals surface area contributed by atoms with Gasteiger partial charge in [0.15, 0.2) is 0 Å². The van der Waals surface area contributed by atoms with Gasteiger partial charge < -0.3 is 24.0 Å². The molecule has 0 unspecified atom stereocenters. The van der Waals surface area contributed by atoms with Gasteiger partial charge in [-0.25, -0.2) is 4.57 Å². The molecule has 0 bridgehead atoms. The van der Waals surface area contributed by atoms with Gasteiger partial charge in [0.25, 0.3) is 0 Å². The number of hydrogen-bond acceptors (Lipinski definition) is 2. The summed E-state index contributed by atoms with van der Waals surface area (Å²) in [4.78, 5) is 4.66. The number of hydrogen-bond donors (Lipinski definition) is 1.